The third-order valence-corrected chi connectivity index (χ3v) is 3.07. The van der Waals surface area contributed by atoms with E-state index in [1.807, 2.05) is 37.3 Å². The van der Waals surface area contributed by atoms with Gasteiger partial charge in [0, 0.05) is 15.4 Å². The molecule has 0 atom stereocenters. The maximum absolute atomic E-state index is 5.10. The molecular weight excluding hydrogens is 262 g/mol. The lowest BCUT2D eigenvalue weighted by atomic mass is 10.4. The van der Waals surface area contributed by atoms with E-state index in [2.05, 4.69) is 21.1 Å². The van der Waals surface area contributed by atoms with Crippen molar-refractivity contribution in [2.45, 2.75) is 16.9 Å². The van der Waals surface area contributed by atoms with Crippen molar-refractivity contribution >= 4 is 27.7 Å². The molecule has 0 radical (unpaired) electrons. The lowest BCUT2D eigenvalue weighted by Crippen LogP contribution is -1.69. The first-order valence-electron chi connectivity index (χ1n) is 4.11. The Hall–Kier alpha value is -0.740. The fourth-order valence-electron chi connectivity index (χ4n) is 1.01. The van der Waals surface area contributed by atoms with Gasteiger partial charge in [0.15, 0.2) is 5.09 Å². The zero-order valence-electron chi connectivity index (χ0n) is 7.53. The molecule has 0 bridgehead atoms. The Kier molecular flexibility index (Phi) is 2.93. The van der Waals surface area contributed by atoms with E-state index in [4.69, 9.17) is 4.52 Å². The molecule has 0 N–H and O–H groups in total. The van der Waals surface area contributed by atoms with E-state index >= 15 is 0 Å². The third kappa shape index (κ3) is 2.39. The summed E-state index contributed by atoms with van der Waals surface area (Å²) in [5.74, 6) is 0. The van der Waals surface area contributed by atoms with Crippen LogP contribution >= 0.6 is 27.7 Å². The second-order valence-corrected chi connectivity index (χ2v) is 4.84. The summed E-state index contributed by atoms with van der Waals surface area (Å²) < 4.78 is 6.18. The number of halogens is 1. The van der Waals surface area contributed by atoms with Gasteiger partial charge in [-0.15, -0.1) is 0 Å². The van der Waals surface area contributed by atoms with Gasteiger partial charge in [0.25, 0.3) is 0 Å². The predicted molar refractivity (Wildman–Crippen MR) is 59.5 cm³/mol. The molecule has 4 heteroatoms. The summed E-state index contributed by atoms with van der Waals surface area (Å²) in [5, 5.41) is 4.65. The van der Waals surface area contributed by atoms with Crippen molar-refractivity contribution in [2.24, 2.45) is 0 Å². The van der Waals surface area contributed by atoms with Crippen LogP contribution < -0.4 is 0 Å². The molecule has 0 unspecified atom stereocenters. The maximum Gasteiger partial charge on any atom is 0.198 e. The zero-order chi connectivity index (χ0) is 9.97. The van der Waals surface area contributed by atoms with Crippen LogP contribution in [0.25, 0.3) is 0 Å². The third-order valence-electron chi connectivity index (χ3n) is 1.64. The Labute approximate surface area is 94.8 Å². The van der Waals surface area contributed by atoms with Gasteiger partial charge >= 0.3 is 0 Å². The van der Waals surface area contributed by atoms with Crippen molar-refractivity contribution in [3.05, 3.63) is 40.5 Å². The van der Waals surface area contributed by atoms with E-state index < -0.39 is 0 Å². The highest BCUT2D eigenvalue weighted by Gasteiger charge is 2.02. The smallest absolute Gasteiger partial charge is 0.198 e. The summed E-state index contributed by atoms with van der Waals surface area (Å²) in [6, 6.07) is 10.0. The normalized spacial score (nSPS) is 10.4. The number of hydrogen-bond acceptors (Lipinski definition) is 3. The van der Waals surface area contributed by atoms with E-state index in [1.165, 1.54) is 0 Å². The summed E-state index contributed by atoms with van der Waals surface area (Å²) in [6.45, 7) is 1.91. The second-order valence-electron chi connectivity index (χ2n) is 2.84. The van der Waals surface area contributed by atoms with Crippen LogP contribution in [0.3, 0.4) is 0 Å². The van der Waals surface area contributed by atoms with Gasteiger partial charge in [-0.1, -0.05) is 21.1 Å². The van der Waals surface area contributed by atoms with Crippen LogP contribution in [0.15, 0.2) is 49.3 Å². The van der Waals surface area contributed by atoms with E-state index in [0.717, 1.165) is 20.2 Å². The van der Waals surface area contributed by atoms with Gasteiger partial charge < -0.3 is 4.52 Å². The van der Waals surface area contributed by atoms with Crippen LogP contribution in [0.4, 0.5) is 0 Å². The molecule has 0 amide bonds. The molecule has 2 rings (SSSR count). The molecule has 0 aliphatic carbocycles. The molecule has 0 aliphatic heterocycles. The summed E-state index contributed by atoms with van der Waals surface area (Å²) in [6.07, 6.45) is 0. The van der Waals surface area contributed by atoms with Gasteiger partial charge in [-0.2, -0.15) is 0 Å². The van der Waals surface area contributed by atoms with Gasteiger partial charge in [-0.05, 0) is 43.0 Å². The first kappa shape index (κ1) is 9.80. The highest BCUT2D eigenvalue weighted by molar-refractivity contribution is 9.10. The fourth-order valence-corrected chi connectivity index (χ4v) is 2.08. The minimum Gasteiger partial charge on any atom is -0.349 e. The first-order chi connectivity index (χ1) is 6.74. The van der Waals surface area contributed by atoms with E-state index in [1.54, 1.807) is 11.8 Å². The Morgan fingerprint density at radius 3 is 2.57 bits per heavy atom. The number of aryl methyl sites for hydroxylation is 1. The van der Waals surface area contributed by atoms with Crippen LogP contribution in [0.2, 0.25) is 0 Å². The van der Waals surface area contributed by atoms with Crippen molar-refractivity contribution in [3.63, 3.8) is 0 Å². The zero-order valence-corrected chi connectivity index (χ0v) is 9.93. The van der Waals surface area contributed by atoms with Gasteiger partial charge in [-0.3, -0.25) is 0 Å². The summed E-state index contributed by atoms with van der Waals surface area (Å²) in [4.78, 5) is 1.14. The van der Waals surface area contributed by atoms with Crippen LogP contribution in [-0.2, 0) is 0 Å². The van der Waals surface area contributed by atoms with Crippen LogP contribution in [-0.4, -0.2) is 5.16 Å². The monoisotopic (exact) mass is 269 g/mol. The summed E-state index contributed by atoms with van der Waals surface area (Å²) in [5.41, 5.74) is 0.907. The Morgan fingerprint density at radius 1 is 1.29 bits per heavy atom. The molecule has 0 saturated heterocycles. The molecule has 1 heterocycles. The highest BCUT2D eigenvalue weighted by Crippen LogP contribution is 2.28. The predicted octanol–water partition coefficient (Wildman–Crippen LogP) is 3.90. The summed E-state index contributed by atoms with van der Waals surface area (Å²) >= 11 is 4.96. The molecule has 0 spiro atoms. The lowest BCUT2D eigenvalue weighted by Gasteiger charge is -1.96. The summed E-state index contributed by atoms with van der Waals surface area (Å²) in [7, 11) is 0. The van der Waals surface area contributed by atoms with E-state index in [0.29, 0.717) is 0 Å². The van der Waals surface area contributed by atoms with Gasteiger partial charge in [0.1, 0.15) is 0 Å². The Balaban J connectivity index is 2.15. The lowest BCUT2D eigenvalue weighted by molar-refractivity contribution is 0.346. The number of benzene rings is 1. The number of rotatable bonds is 2. The van der Waals surface area contributed by atoms with Crippen molar-refractivity contribution in [3.8, 4) is 0 Å². The molecule has 14 heavy (non-hydrogen) atoms. The average Bonchev–Trinajstić information content (AvgIpc) is 2.56. The molecule has 1 aromatic heterocycles. The van der Waals surface area contributed by atoms with Crippen molar-refractivity contribution in [1.29, 1.82) is 0 Å². The van der Waals surface area contributed by atoms with Gasteiger partial charge in [-0.25, -0.2) is 0 Å². The molecule has 0 fully saturated rings. The quantitative estimate of drug-likeness (QED) is 0.827. The Morgan fingerprint density at radius 2 is 2.00 bits per heavy atom. The number of aromatic nitrogens is 1. The maximum atomic E-state index is 5.10. The standard InChI is InChI=1S/C10H8BrNOS/c1-7-6-10(13-12-7)14-9-4-2-8(11)3-5-9/h2-6H,1H3. The SMILES string of the molecule is Cc1cc(Sc2ccc(Br)cc2)on1. The molecule has 2 aromatic rings. The largest absolute Gasteiger partial charge is 0.349 e. The van der Waals surface area contributed by atoms with Crippen LogP contribution in [0.1, 0.15) is 5.69 Å². The van der Waals surface area contributed by atoms with Crippen molar-refractivity contribution in [2.75, 3.05) is 0 Å². The molecular formula is C10H8BrNOS. The minimum atomic E-state index is 0.824. The molecule has 0 saturated carbocycles. The van der Waals surface area contributed by atoms with Crippen LogP contribution in [0, 0.1) is 6.92 Å². The van der Waals surface area contributed by atoms with Gasteiger partial charge in [0.2, 0.25) is 0 Å². The highest BCUT2D eigenvalue weighted by atomic mass is 79.9. The molecule has 1 aromatic carbocycles. The minimum absolute atomic E-state index is 0.824. The van der Waals surface area contributed by atoms with Crippen molar-refractivity contribution < 1.29 is 4.52 Å². The molecule has 0 aliphatic rings. The molecule has 72 valence electrons. The van der Waals surface area contributed by atoms with E-state index in [-0.39, 0.29) is 0 Å². The fraction of sp³-hybridized carbons (Fsp3) is 0.100. The van der Waals surface area contributed by atoms with Crippen LogP contribution in [0.5, 0.6) is 0 Å². The number of nitrogens with zero attached hydrogens (tertiary/aromatic N) is 1. The average molecular weight is 270 g/mol. The second kappa shape index (κ2) is 4.19. The van der Waals surface area contributed by atoms with E-state index in [9.17, 15) is 0 Å². The first-order valence-corrected chi connectivity index (χ1v) is 5.72. The van der Waals surface area contributed by atoms with Gasteiger partial charge in [0.05, 0.1) is 5.69 Å². The number of hydrogen-bond donors (Lipinski definition) is 0. The molecule has 2 nitrogen and oxygen atoms in total. The topological polar surface area (TPSA) is 26.0 Å². The van der Waals surface area contributed by atoms with Crippen molar-refractivity contribution in [1.82, 2.24) is 5.16 Å². The Bertz CT molecular complexity index is 424.